The SMILES string of the molecule is Nc1ccn([C@@H]2C[C@H](CO)[C@H]2O)c(=O)n1. The number of hydrogen-bond acceptors (Lipinski definition) is 5. The summed E-state index contributed by atoms with van der Waals surface area (Å²) in [6, 6.07) is 1.23. The molecule has 1 aliphatic carbocycles. The molecule has 4 N–H and O–H groups in total. The minimum absolute atomic E-state index is 0.0607. The van der Waals surface area contributed by atoms with E-state index in [1.165, 1.54) is 16.8 Å². The molecule has 2 rings (SSSR count). The molecule has 1 aliphatic rings. The van der Waals surface area contributed by atoms with Gasteiger partial charge in [0.1, 0.15) is 5.82 Å². The van der Waals surface area contributed by atoms with Crippen LogP contribution in [0.15, 0.2) is 17.1 Å². The molecule has 6 heteroatoms. The fourth-order valence-corrected chi connectivity index (χ4v) is 1.85. The molecule has 6 nitrogen and oxygen atoms in total. The minimum Gasteiger partial charge on any atom is -0.396 e. The van der Waals surface area contributed by atoms with Gasteiger partial charge in [-0.2, -0.15) is 4.98 Å². The van der Waals surface area contributed by atoms with Crippen molar-refractivity contribution in [2.75, 3.05) is 12.3 Å². The van der Waals surface area contributed by atoms with Crippen molar-refractivity contribution in [2.45, 2.75) is 18.6 Å². The molecule has 0 aliphatic heterocycles. The van der Waals surface area contributed by atoms with Crippen molar-refractivity contribution in [3.63, 3.8) is 0 Å². The first-order valence-corrected chi connectivity index (χ1v) is 4.77. The van der Waals surface area contributed by atoms with Crippen LogP contribution in [-0.2, 0) is 0 Å². The summed E-state index contributed by atoms with van der Waals surface area (Å²) in [6.07, 6.45) is 1.42. The van der Waals surface area contributed by atoms with Gasteiger partial charge >= 0.3 is 5.69 Å². The third kappa shape index (κ3) is 1.62. The Labute approximate surface area is 86.0 Å². The average Bonchev–Trinajstić information content (AvgIpc) is 2.20. The highest BCUT2D eigenvalue weighted by Crippen LogP contribution is 2.36. The smallest absolute Gasteiger partial charge is 0.349 e. The zero-order valence-corrected chi connectivity index (χ0v) is 8.08. The monoisotopic (exact) mass is 211 g/mol. The standard InChI is InChI=1S/C9H13N3O3/c10-7-1-2-12(9(15)11-7)6-3-5(4-13)8(6)14/h1-2,5-6,8,13-14H,3-4H2,(H2,10,11,15)/t5-,6-,8-/m1/s1. The molecular weight excluding hydrogens is 198 g/mol. The van der Waals surface area contributed by atoms with Crippen molar-refractivity contribution in [2.24, 2.45) is 5.92 Å². The molecule has 1 saturated carbocycles. The van der Waals surface area contributed by atoms with Gasteiger partial charge in [0.2, 0.25) is 0 Å². The van der Waals surface area contributed by atoms with Gasteiger partial charge < -0.3 is 15.9 Å². The summed E-state index contributed by atoms with van der Waals surface area (Å²) in [4.78, 5) is 15.0. The van der Waals surface area contributed by atoms with Crippen LogP contribution in [-0.4, -0.2) is 32.5 Å². The molecule has 0 spiro atoms. The van der Waals surface area contributed by atoms with Crippen molar-refractivity contribution in [3.8, 4) is 0 Å². The highest BCUT2D eigenvalue weighted by molar-refractivity contribution is 5.23. The second kappa shape index (κ2) is 3.63. The van der Waals surface area contributed by atoms with E-state index >= 15 is 0 Å². The molecule has 1 heterocycles. The van der Waals surface area contributed by atoms with E-state index in [2.05, 4.69) is 4.98 Å². The number of aliphatic hydroxyl groups excluding tert-OH is 2. The maximum atomic E-state index is 11.4. The fraction of sp³-hybridized carbons (Fsp3) is 0.556. The van der Waals surface area contributed by atoms with E-state index in [0.717, 1.165) is 0 Å². The molecule has 0 radical (unpaired) electrons. The number of aromatic nitrogens is 2. The van der Waals surface area contributed by atoms with E-state index < -0.39 is 11.8 Å². The number of aliphatic hydroxyl groups is 2. The molecule has 0 saturated heterocycles. The maximum absolute atomic E-state index is 11.4. The Kier molecular flexibility index (Phi) is 2.45. The number of nitrogens with zero attached hydrogens (tertiary/aromatic N) is 2. The average molecular weight is 211 g/mol. The summed E-state index contributed by atoms with van der Waals surface area (Å²) in [5.74, 6) is 0.0308. The maximum Gasteiger partial charge on any atom is 0.349 e. The van der Waals surface area contributed by atoms with Gasteiger partial charge in [-0.15, -0.1) is 0 Å². The molecule has 1 aromatic rings. The summed E-state index contributed by atoms with van der Waals surface area (Å²) in [6.45, 7) is -0.0607. The second-order valence-electron chi connectivity index (χ2n) is 3.78. The quantitative estimate of drug-likeness (QED) is 0.566. The topological polar surface area (TPSA) is 101 Å². The van der Waals surface area contributed by atoms with Crippen LogP contribution in [0.25, 0.3) is 0 Å². The van der Waals surface area contributed by atoms with Crippen molar-refractivity contribution in [1.29, 1.82) is 0 Å². The third-order valence-corrected chi connectivity index (χ3v) is 2.86. The Morgan fingerprint density at radius 2 is 2.40 bits per heavy atom. The molecule has 0 amide bonds. The van der Waals surface area contributed by atoms with E-state index in [-0.39, 0.29) is 24.4 Å². The zero-order valence-electron chi connectivity index (χ0n) is 8.08. The van der Waals surface area contributed by atoms with Gasteiger partial charge in [0.25, 0.3) is 0 Å². The minimum atomic E-state index is -0.682. The van der Waals surface area contributed by atoms with E-state index in [9.17, 15) is 9.90 Å². The number of rotatable bonds is 2. The molecule has 82 valence electrons. The van der Waals surface area contributed by atoms with Crippen LogP contribution < -0.4 is 11.4 Å². The Morgan fingerprint density at radius 1 is 1.67 bits per heavy atom. The fourth-order valence-electron chi connectivity index (χ4n) is 1.85. The summed E-state index contributed by atoms with van der Waals surface area (Å²) < 4.78 is 1.35. The van der Waals surface area contributed by atoms with Crippen molar-refractivity contribution in [1.82, 2.24) is 9.55 Å². The predicted octanol–water partition coefficient (Wildman–Crippen LogP) is -1.26. The van der Waals surface area contributed by atoms with Crippen molar-refractivity contribution >= 4 is 5.82 Å². The van der Waals surface area contributed by atoms with Crippen molar-refractivity contribution < 1.29 is 10.2 Å². The van der Waals surface area contributed by atoms with Crippen LogP contribution in [0.4, 0.5) is 5.82 Å². The van der Waals surface area contributed by atoms with Crippen LogP contribution >= 0.6 is 0 Å². The van der Waals surface area contributed by atoms with Crippen LogP contribution in [0.1, 0.15) is 12.5 Å². The molecular formula is C9H13N3O3. The molecule has 1 fully saturated rings. The summed E-state index contributed by atoms with van der Waals surface area (Å²) >= 11 is 0. The van der Waals surface area contributed by atoms with Gasteiger partial charge in [0, 0.05) is 18.7 Å². The summed E-state index contributed by atoms with van der Waals surface area (Å²) in [5, 5.41) is 18.5. The number of hydrogen-bond donors (Lipinski definition) is 3. The number of anilines is 1. The first kappa shape index (κ1) is 10.1. The molecule has 0 aromatic carbocycles. The van der Waals surface area contributed by atoms with Crippen LogP contribution in [0.3, 0.4) is 0 Å². The lowest BCUT2D eigenvalue weighted by atomic mass is 9.77. The van der Waals surface area contributed by atoms with Gasteiger partial charge in [-0.3, -0.25) is 4.57 Å². The molecule has 0 unspecified atom stereocenters. The zero-order chi connectivity index (χ0) is 11.0. The molecule has 0 bridgehead atoms. The first-order valence-electron chi connectivity index (χ1n) is 4.77. The Hall–Kier alpha value is -1.40. The summed E-state index contributed by atoms with van der Waals surface area (Å²) in [5.41, 5.74) is 4.89. The Balaban J connectivity index is 2.22. The van der Waals surface area contributed by atoms with Crippen LogP contribution in [0.2, 0.25) is 0 Å². The first-order chi connectivity index (χ1) is 7.13. The molecule has 15 heavy (non-hydrogen) atoms. The lowest BCUT2D eigenvalue weighted by Gasteiger charge is -2.40. The van der Waals surface area contributed by atoms with E-state index in [0.29, 0.717) is 6.42 Å². The largest absolute Gasteiger partial charge is 0.396 e. The van der Waals surface area contributed by atoms with Gasteiger partial charge in [-0.25, -0.2) is 4.79 Å². The van der Waals surface area contributed by atoms with Crippen LogP contribution in [0, 0.1) is 5.92 Å². The highest BCUT2D eigenvalue weighted by atomic mass is 16.3. The highest BCUT2D eigenvalue weighted by Gasteiger charge is 2.40. The Morgan fingerprint density at radius 3 is 2.93 bits per heavy atom. The van der Waals surface area contributed by atoms with Crippen LogP contribution in [0.5, 0.6) is 0 Å². The van der Waals surface area contributed by atoms with Crippen molar-refractivity contribution in [3.05, 3.63) is 22.7 Å². The predicted molar refractivity (Wildman–Crippen MR) is 53.1 cm³/mol. The van der Waals surface area contributed by atoms with E-state index in [1.54, 1.807) is 0 Å². The molecule has 1 aromatic heterocycles. The third-order valence-electron chi connectivity index (χ3n) is 2.86. The number of nitrogens with two attached hydrogens (primary N) is 1. The van der Waals surface area contributed by atoms with E-state index in [4.69, 9.17) is 10.8 Å². The molecule has 3 atom stereocenters. The lowest BCUT2D eigenvalue weighted by Crippen LogP contribution is -2.48. The van der Waals surface area contributed by atoms with Gasteiger partial charge in [-0.05, 0) is 12.5 Å². The van der Waals surface area contributed by atoms with E-state index in [1.807, 2.05) is 0 Å². The van der Waals surface area contributed by atoms with Gasteiger partial charge in [0.05, 0.1) is 12.1 Å². The van der Waals surface area contributed by atoms with Gasteiger partial charge in [-0.1, -0.05) is 0 Å². The lowest BCUT2D eigenvalue weighted by molar-refractivity contribution is -0.0579. The Bertz CT molecular complexity index is 417. The van der Waals surface area contributed by atoms with Gasteiger partial charge in [0.15, 0.2) is 0 Å². The normalized spacial score (nSPS) is 29.9. The number of nitrogen functional groups attached to an aromatic ring is 1. The second-order valence-corrected chi connectivity index (χ2v) is 3.78. The summed E-state index contributed by atoms with van der Waals surface area (Å²) in [7, 11) is 0.